The van der Waals surface area contributed by atoms with Crippen LogP contribution in [0.25, 0.3) is 0 Å². The lowest BCUT2D eigenvalue weighted by atomic mass is 10.00. The third-order valence-electron chi connectivity index (χ3n) is 2.57. The number of halogens is 2. The molecule has 98 valence electrons. The molecule has 2 N–H and O–H groups in total. The number of aliphatic carboxylic acids is 1. The largest absolute Gasteiger partial charge is 0.480 e. The molecule has 0 radical (unpaired) electrons. The predicted octanol–water partition coefficient (Wildman–Crippen LogP) is 2.69. The smallest absolute Gasteiger partial charge is 0.325 e. The Hall–Kier alpha value is -1.26. The van der Waals surface area contributed by atoms with Crippen LogP contribution in [0.5, 0.6) is 0 Å². The van der Waals surface area contributed by atoms with Crippen molar-refractivity contribution < 1.29 is 14.7 Å². The van der Waals surface area contributed by atoms with E-state index in [1.165, 1.54) is 6.92 Å². The molecule has 0 heterocycles. The fraction of sp³-hybridized carbons (Fsp3) is 0.333. The van der Waals surface area contributed by atoms with Crippen LogP contribution in [-0.4, -0.2) is 23.0 Å². The zero-order chi connectivity index (χ0) is 13.9. The third kappa shape index (κ3) is 3.62. The fourth-order valence-corrected chi connectivity index (χ4v) is 1.64. The number of hydrogen-bond acceptors (Lipinski definition) is 2. The summed E-state index contributed by atoms with van der Waals surface area (Å²) in [5.41, 5.74) is 0.680. The third-order valence-corrected chi connectivity index (χ3v) is 3.31. The Bertz CT molecular complexity index is 476. The second-order valence-electron chi connectivity index (χ2n) is 3.96. The number of carboxylic acids is 1. The minimum Gasteiger partial charge on any atom is -0.480 e. The van der Waals surface area contributed by atoms with Gasteiger partial charge in [-0.1, -0.05) is 29.3 Å². The Morgan fingerprint density at radius 3 is 2.33 bits per heavy atom. The van der Waals surface area contributed by atoms with Crippen molar-refractivity contribution in [1.82, 2.24) is 5.32 Å². The zero-order valence-electron chi connectivity index (χ0n) is 9.91. The normalized spacial score (nSPS) is 13.8. The van der Waals surface area contributed by atoms with Gasteiger partial charge in [0.15, 0.2) is 0 Å². The van der Waals surface area contributed by atoms with Crippen molar-refractivity contribution in [3.05, 3.63) is 33.8 Å². The number of amides is 1. The van der Waals surface area contributed by atoms with E-state index >= 15 is 0 Å². The van der Waals surface area contributed by atoms with E-state index in [0.717, 1.165) is 0 Å². The summed E-state index contributed by atoms with van der Waals surface area (Å²) in [6.45, 7) is 3.07. The van der Waals surface area contributed by atoms with Crippen LogP contribution >= 0.6 is 23.2 Å². The highest BCUT2D eigenvalue weighted by atomic mass is 35.5. The topological polar surface area (TPSA) is 66.4 Å². The first-order valence-electron chi connectivity index (χ1n) is 5.31. The summed E-state index contributed by atoms with van der Waals surface area (Å²) >= 11 is 11.6. The minimum absolute atomic E-state index is 0.361. The summed E-state index contributed by atoms with van der Waals surface area (Å²) in [6.07, 6.45) is 0. The van der Waals surface area contributed by atoms with Crippen LogP contribution in [0.1, 0.15) is 25.3 Å². The van der Waals surface area contributed by atoms with Gasteiger partial charge in [0.2, 0.25) is 5.91 Å². The van der Waals surface area contributed by atoms with Crippen LogP contribution in [-0.2, 0) is 9.59 Å². The average molecular weight is 290 g/mol. The molecule has 1 aromatic carbocycles. The Balaban J connectivity index is 2.80. The number of nitrogens with one attached hydrogen (secondary N) is 1. The molecule has 0 saturated heterocycles. The molecule has 1 rings (SSSR count). The monoisotopic (exact) mass is 289 g/mol. The molecule has 4 nitrogen and oxygen atoms in total. The van der Waals surface area contributed by atoms with E-state index in [0.29, 0.717) is 15.6 Å². The summed E-state index contributed by atoms with van der Waals surface area (Å²) in [5.74, 6) is -1.95. The molecule has 2 atom stereocenters. The highest BCUT2D eigenvalue weighted by Gasteiger charge is 2.20. The van der Waals surface area contributed by atoms with Crippen LogP contribution < -0.4 is 5.32 Å². The van der Waals surface area contributed by atoms with Crippen molar-refractivity contribution in [1.29, 1.82) is 0 Å². The lowest BCUT2D eigenvalue weighted by Crippen LogP contribution is -2.40. The van der Waals surface area contributed by atoms with Crippen molar-refractivity contribution in [2.45, 2.75) is 25.8 Å². The van der Waals surface area contributed by atoms with E-state index < -0.39 is 17.9 Å². The van der Waals surface area contributed by atoms with Gasteiger partial charge < -0.3 is 10.4 Å². The highest BCUT2D eigenvalue weighted by molar-refractivity contribution is 6.42. The van der Waals surface area contributed by atoms with Gasteiger partial charge in [0.05, 0.1) is 16.0 Å². The quantitative estimate of drug-likeness (QED) is 0.896. The highest BCUT2D eigenvalue weighted by Crippen LogP contribution is 2.26. The lowest BCUT2D eigenvalue weighted by molar-refractivity contribution is -0.141. The van der Waals surface area contributed by atoms with Crippen LogP contribution in [0, 0.1) is 0 Å². The fourth-order valence-electron chi connectivity index (χ4n) is 1.33. The van der Waals surface area contributed by atoms with E-state index in [9.17, 15) is 9.59 Å². The first-order chi connectivity index (χ1) is 8.32. The van der Waals surface area contributed by atoms with Crippen LogP contribution in [0.15, 0.2) is 18.2 Å². The first kappa shape index (κ1) is 14.8. The van der Waals surface area contributed by atoms with E-state index in [2.05, 4.69) is 5.32 Å². The SMILES string of the molecule is CC(C(=O)N[C@H](C)C(=O)O)c1ccc(Cl)c(Cl)c1. The minimum atomic E-state index is -1.08. The molecular weight excluding hydrogens is 277 g/mol. The molecule has 0 fully saturated rings. The van der Waals surface area contributed by atoms with Gasteiger partial charge in [-0.25, -0.2) is 0 Å². The maximum absolute atomic E-state index is 11.8. The second-order valence-corrected chi connectivity index (χ2v) is 4.78. The number of benzene rings is 1. The van der Waals surface area contributed by atoms with Crippen molar-refractivity contribution >= 4 is 35.1 Å². The molecule has 0 aliphatic heterocycles. The Morgan fingerprint density at radius 2 is 1.83 bits per heavy atom. The van der Waals surface area contributed by atoms with Crippen LogP contribution in [0.4, 0.5) is 0 Å². The van der Waals surface area contributed by atoms with E-state index in [1.54, 1.807) is 25.1 Å². The van der Waals surface area contributed by atoms with Gasteiger partial charge in [0, 0.05) is 0 Å². The Kier molecular flexibility index (Phi) is 4.99. The maximum atomic E-state index is 11.8. The molecule has 0 bridgehead atoms. The van der Waals surface area contributed by atoms with Gasteiger partial charge in [-0.3, -0.25) is 9.59 Å². The zero-order valence-corrected chi connectivity index (χ0v) is 11.4. The van der Waals surface area contributed by atoms with Gasteiger partial charge in [0.25, 0.3) is 0 Å². The van der Waals surface area contributed by atoms with Gasteiger partial charge in [-0.05, 0) is 31.5 Å². The number of carboxylic acid groups (broad SMARTS) is 1. The predicted molar refractivity (Wildman–Crippen MR) is 70.1 cm³/mol. The van der Waals surface area contributed by atoms with Crippen LogP contribution in [0.3, 0.4) is 0 Å². The average Bonchev–Trinajstić information content (AvgIpc) is 2.31. The van der Waals surface area contributed by atoms with Crippen molar-refractivity contribution in [3.8, 4) is 0 Å². The maximum Gasteiger partial charge on any atom is 0.325 e. The van der Waals surface area contributed by atoms with E-state index in [1.807, 2.05) is 0 Å². The van der Waals surface area contributed by atoms with E-state index in [4.69, 9.17) is 28.3 Å². The van der Waals surface area contributed by atoms with Gasteiger partial charge in [-0.15, -0.1) is 0 Å². The standard InChI is InChI=1S/C12H13Cl2NO3/c1-6(11(16)15-7(2)12(17)18)8-3-4-9(13)10(14)5-8/h3-7H,1-2H3,(H,15,16)(H,17,18)/t6?,7-/m1/s1. The molecule has 18 heavy (non-hydrogen) atoms. The summed E-state index contributed by atoms with van der Waals surface area (Å²) in [6, 6.07) is 3.95. The second kappa shape index (κ2) is 6.07. The summed E-state index contributed by atoms with van der Waals surface area (Å²) in [7, 11) is 0. The Morgan fingerprint density at radius 1 is 1.22 bits per heavy atom. The number of carbonyl (C=O) groups excluding carboxylic acids is 1. The molecule has 1 unspecified atom stereocenters. The Labute approximate surface area is 115 Å². The molecule has 6 heteroatoms. The van der Waals surface area contributed by atoms with Crippen molar-refractivity contribution in [3.63, 3.8) is 0 Å². The van der Waals surface area contributed by atoms with E-state index in [-0.39, 0.29) is 5.91 Å². The summed E-state index contributed by atoms with van der Waals surface area (Å²) in [5, 5.41) is 11.9. The molecule has 0 aliphatic rings. The van der Waals surface area contributed by atoms with Gasteiger partial charge in [-0.2, -0.15) is 0 Å². The molecular formula is C12H13Cl2NO3. The molecule has 1 aromatic rings. The molecule has 0 spiro atoms. The van der Waals surface area contributed by atoms with Crippen molar-refractivity contribution in [2.75, 3.05) is 0 Å². The number of rotatable bonds is 4. The van der Waals surface area contributed by atoms with Gasteiger partial charge >= 0.3 is 5.97 Å². The molecule has 0 aromatic heterocycles. The molecule has 1 amide bonds. The summed E-state index contributed by atoms with van der Waals surface area (Å²) < 4.78 is 0. The van der Waals surface area contributed by atoms with Crippen molar-refractivity contribution in [2.24, 2.45) is 0 Å². The summed E-state index contributed by atoms with van der Waals surface area (Å²) in [4.78, 5) is 22.4. The molecule has 0 saturated carbocycles. The molecule has 0 aliphatic carbocycles. The van der Waals surface area contributed by atoms with Gasteiger partial charge in [0.1, 0.15) is 6.04 Å². The number of hydrogen-bond donors (Lipinski definition) is 2. The van der Waals surface area contributed by atoms with Crippen LogP contribution in [0.2, 0.25) is 10.0 Å². The first-order valence-corrected chi connectivity index (χ1v) is 6.06. The number of carbonyl (C=O) groups is 2. The lowest BCUT2D eigenvalue weighted by Gasteiger charge is -2.15.